The van der Waals surface area contributed by atoms with Gasteiger partial charge in [0.05, 0.1) is 11.9 Å². The van der Waals surface area contributed by atoms with E-state index in [0.29, 0.717) is 11.0 Å². The van der Waals surface area contributed by atoms with Crippen LogP contribution in [0.2, 0.25) is 0 Å². The number of nitrogens with one attached hydrogen (secondary N) is 1. The number of aromatic nitrogens is 2. The van der Waals surface area contributed by atoms with E-state index in [1.807, 2.05) is 6.92 Å². The third kappa shape index (κ3) is 3.81. The second kappa shape index (κ2) is 7.08. The van der Waals surface area contributed by atoms with E-state index >= 15 is 0 Å². The third-order valence-electron chi connectivity index (χ3n) is 3.86. The van der Waals surface area contributed by atoms with Crippen molar-refractivity contribution in [3.63, 3.8) is 0 Å². The van der Waals surface area contributed by atoms with E-state index < -0.39 is 0 Å². The number of halogens is 1. The molecule has 0 spiro atoms. The Bertz CT molecular complexity index is 466. The molecule has 106 valence electrons. The SMILES string of the molecule is CCn1ncc(NCCCC2CCCC2)c(Br)c1=O. The molecule has 0 atom stereocenters. The van der Waals surface area contributed by atoms with Crippen LogP contribution >= 0.6 is 15.9 Å². The topological polar surface area (TPSA) is 46.9 Å². The van der Waals surface area contributed by atoms with E-state index in [0.717, 1.165) is 24.6 Å². The van der Waals surface area contributed by atoms with E-state index in [4.69, 9.17) is 0 Å². The molecule has 1 aromatic heterocycles. The Morgan fingerprint density at radius 2 is 2.21 bits per heavy atom. The van der Waals surface area contributed by atoms with Gasteiger partial charge in [-0.2, -0.15) is 5.10 Å². The van der Waals surface area contributed by atoms with Crippen molar-refractivity contribution in [2.45, 2.75) is 52.0 Å². The first-order chi connectivity index (χ1) is 9.22. The van der Waals surface area contributed by atoms with Gasteiger partial charge >= 0.3 is 0 Å². The quantitative estimate of drug-likeness (QED) is 0.814. The summed E-state index contributed by atoms with van der Waals surface area (Å²) < 4.78 is 2.04. The maximum absolute atomic E-state index is 11.9. The van der Waals surface area contributed by atoms with E-state index in [-0.39, 0.29) is 5.56 Å². The maximum atomic E-state index is 11.9. The summed E-state index contributed by atoms with van der Waals surface area (Å²) in [7, 11) is 0. The van der Waals surface area contributed by atoms with Crippen LogP contribution < -0.4 is 10.9 Å². The van der Waals surface area contributed by atoms with Gasteiger partial charge in [-0.25, -0.2) is 4.68 Å². The average Bonchev–Trinajstić information content (AvgIpc) is 2.92. The minimum atomic E-state index is -0.0664. The lowest BCUT2D eigenvalue weighted by Crippen LogP contribution is -2.23. The van der Waals surface area contributed by atoms with Gasteiger partial charge in [0.1, 0.15) is 4.47 Å². The molecule has 0 aliphatic heterocycles. The van der Waals surface area contributed by atoms with Gasteiger partial charge in [0, 0.05) is 13.1 Å². The minimum absolute atomic E-state index is 0.0664. The zero-order valence-corrected chi connectivity index (χ0v) is 13.1. The Hall–Kier alpha value is -0.840. The fourth-order valence-electron chi connectivity index (χ4n) is 2.73. The van der Waals surface area contributed by atoms with Crippen molar-refractivity contribution in [1.82, 2.24) is 9.78 Å². The lowest BCUT2D eigenvalue weighted by Gasteiger charge is -2.11. The highest BCUT2D eigenvalue weighted by Crippen LogP contribution is 2.28. The van der Waals surface area contributed by atoms with Crippen LogP contribution in [-0.4, -0.2) is 16.3 Å². The Kier molecular flexibility index (Phi) is 5.43. The number of hydrogen-bond acceptors (Lipinski definition) is 3. The molecular weight excluding hydrogens is 306 g/mol. The van der Waals surface area contributed by atoms with E-state index in [9.17, 15) is 4.79 Å². The van der Waals surface area contributed by atoms with Crippen molar-refractivity contribution < 1.29 is 0 Å². The standard InChI is InChI=1S/C14H22BrN3O/c1-2-18-14(19)13(15)12(10-17-18)16-9-5-8-11-6-3-4-7-11/h10-11,16H,2-9H2,1H3. The Labute approximate surface area is 122 Å². The van der Waals surface area contributed by atoms with Crippen LogP contribution in [0.25, 0.3) is 0 Å². The normalized spacial score (nSPS) is 15.9. The van der Waals surface area contributed by atoms with Crippen LogP contribution in [-0.2, 0) is 6.54 Å². The summed E-state index contributed by atoms with van der Waals surface area (Å²) in [6.07, 6.45) is 9.80. The van der Waals surface area contributed by atoms with Gasteiger partial charge in [-0.15, -0.1) is 0 Å². The second-order valence-corrected chi connectivity index (χ2v) is 6.01. The Morgan fingerprint density at radius 1 is 1.47 bits per heavy atom. The van der Waals surface area contributed by atoms with Crippen LogP contribution in [0.15, 0.2) is 15.5 Å². The number of hydrogen-bond donors (Lipinski definition) is 1. The predicted octanol–water partition coefficient (Wildman–Crippen LogP) is 3.41. The third-order valence-corrected chi connectivity index (χ3v) is 4.63. The zero-order chi connectivity index (χ0) is 13.7. The molecule has 0 bridgehead atoms. The largest absolute Gasteiger partial charge is 0.383 e. The number of aryl methyl sites for hydroxylation is 1. The van der Waals surface area contributed by atoms with Crippen LogP contribution in [0.3, 0.4) is 0 Å². The first-order valence-corrected chi connectivity index (χ1v) is 8.01. The van der Waals surface area contributed by atoms with Gasteiger partial charge in [0.2, 0.25) is 0 Å². The number of rotatable bonds is 6. The summed E-state index contributed by atoms with van der Waals surface area (Å²) in [4.78, 5) is 11.9. The van der Waals surface area contributed by atoms with Gasteiger partial charge in [0.15, 0.2) is 0 Å². The molecule has 0 amide bonds. The lowest BCUT2D eigenvalue weighted by atomic mass is 10.0. The first-order valence-electron chi connectivity index (χ1n) is 7.22. The molecule has 2 rings (SSSR count). The van der Waals surface area contributed by atoms with Gasteiger partial charge in [-0.05, 0) is 41.6 Å². The molecule has 1 aliphatic rings. The van der Waals surface area contributed by atoms with E-state index in [1.54, 1.807) is 6.20 Å². The molecule has 0 aromatic carbocycles. The van der Waals surface area contributed by atoms with Crippen molar-refractivity contribution in [2.24, 2.45) is 5.92 Å². The molecule has 1 heterocycles. The molecule has 0 saturated heterocycles. The highest BCUT2D eigenvalue weighted by atomic mass is 79.9. The van der Waals surface area contributed by atoms with Gasteiger partial charge in [0.25, 0.3) is 5.56 Å². The molecule has 0 radical (unpaired) electrons. The summed E-state index contributed by atoms with van der Waals surface area (Å²) in [6.45, 7) is 3.42. The monoisotopic (exact) mass is 327 g/mol. The Balaban J connectivity index is 1.82. The van der Waals surface area contributed by atoms with Crippen LogP contribution in [0.4, 0.5) is 5.69 Å². The zero-order valence-electron chi connectivity index (χ0n) is 11.5. The molecule has 1 fully saturated rings. The van der Waals surface area contributed by atoms with Crippen LogP contribution in [0.1, 0.15) is 45.4 Å². The van der Waals surface area contributed by atoms with Crippen molar-refractivity contribution in [2.75, 3.05) is 11.9 Å². The number of nitrogens with zero attached hydrogens (tertiary/aromatic N) is 2. The smallest absolute Gasteiger partial charge is 0.283 e. The Morgan fingerprint density at radius 3 is 2.89 bits per heavy atom. The van der Waals surface area contributed by atoms with Crippen molar-refractivity contribution in [3.8, 4) is 0 Å². The molecule has 0 unspecified atom stereocenters. The summed E-state index contributed by atoms with van der Waals surface area (Å²) in [6, 6.07) is 0. The molecule has 4 nitrogen and oxygen atoms in total. The molecular formula is C14H22BrN3O. The molecule has 1 saturated carbocycles. The highest BCUT2D eigenvalue weighted by molar-refractivity contribution is 9.10. The number of anilines is 1. The van der Waals surface area contributed by atoms with Crippen LogP contribution in [0.5, 0.6) is 0 Å². The van der Waals surface area contributed by atoms with Gasteiger partial charge < -0.3 is 5.32 Å². The molecule has 5 heteroatoms. The average molecular weight is 328 g/mol. The minimum Gasteiger partial charge on any atom is -0.383 e. The molecule has 1 aliphatic carbocycles. The second-order valence-electron chi connectivity index (χ2n) is 5.21. The molecule has 1 aromatic rings. The summed E-state index contributed by atoms with van der Waals surface area (Å²) in [5, 5.41) is 7.43. The summed E-state index contributed by atoms with van der Waals surface area (Å²) in [5.41, 5.74) is 0.740. The maximum Gasteiger partial charge on any atom is 0.283 e. The summed E-state index contributed by atoms with van der Waals surface area (Å²) in [5.74, 6) is 0.927. The van der Waals surface area contributed by atoms with Crippen LogP contribution in [0, 0.1) is 5.92 Å². The predicted molar refractivity (Wildman–Crippen MR) is 81.6 cm³/mol. The highest BCUT2D eigenvalue weighted by Gasteiger charge is 2.14. The van der Waals surface area contributed by atoms with Gasteiger partial charge in [-0.1, -0.05) is 25.7 Å². The summed E-state index contributed by atoms with van der Waals surface area (Å²) >= 11 is 3.35. The van der Waals surface area contributed by atoms with Crippen molar-refractivity contribution in [1.29, 1.82) is 0 Å². The van der Waals surface area contributed by atoms with Gasteiger partial charge in [-0.3, -0.25) is 4.79 Å². The van der Waals surface area contributed by atoms with Crippen molar-refractivity contribution in [3.05, 3.63) is 21.0 Å². The van der Waals surface area contributed by atoms with E-state index in [2.05, 4.69) is 26.3 Å². The fourth-order valence-corrected chi connectivity index (χ4v) is 3.17. The lowest BCUT2D eigenvalue weighted by molar-refractivity contribution is 0.491. The molecule has 1 N–H and O–H groups in total. The van der Waals surface area contributed by atoms with Crippen molar-refractivity contribution >= 4 is 21.6 Å². The molecule has 19 heavy (non-hydrogen) atoms. The van der Waals surface area contributed by atoms with E-state index in [1.165, 1.54) is 36.8 Å². The first kappa shape index (κ1) is 14.6. The fraction of sp³-hybridized carbons (Fsp3) is 0.714.